The Labute approximate surface area is 172 Å². The van der Waals surface area contributed by atoms with Crippen molar-refractivity contribution in [3.8, 4) is 5.75 Å². The van der Waals surface area contributed by atoms with Crippen LogP contribution in [0.25, 0.3) is 0 Å². The number of nitrogens with zero attached hydrogens (tertiary/aromatic N) is 1. The van der Waals surface area contributed by atoms with Gasteiger partial charge in [0.2, 0.25) is 10.0 Å². The molecule has 0 saturated carbocycles. The molecule has 0 unspecified atom stereocenters. The lowest BCUT2D eigenvalue weighted by atomic mass is 10.1. The van der Waals surface area contributed by atoms with Gasteiger partial charge in [0.15, 0.2) is 0 Å². The Hall–Kier alpha value is -2.38. The standard InChI is InChI=1S/C22H28N2O4S/c1-17-6-5-8-20(16-17)28-15-13-23-22(25)19-9-11-21(12-10-19)29(26,27)24-14-4-3-7-18(24)2/h5-6,8-12,16,18H,3-4,7,13-15H2,1-2H3,(H,23,25)/t18-/m0/s1. The van der Waals surface area contributed by atoms with Crippen molar-refractivity contribution < 1.29 is 17.9 Å². The number of rotatable bonds is 7. The van der Waals surface area contributed by atoms with Gasteiger partial charge in [-0.3, -0.25) is 4.79 Å². The van der Waals surface area contributed by atoms with E-state index >= 15 is 0 Å². The Morgan fingerprint density at radius 2 is 1.93 bits per heavy atom. The maximum Gasteiger partial charge on any atom is 0.251 e. The Balaban J connectivity index is 1.54. The maximum atomic E-state index is 12.9. The number of piperidine rings is 1. The number of aryl methyl sites for hydroxylation is 1. The summed E-state index contributed by atoms with van der Waals surface area (Å²) in [6, 6.07) is 13.8. The first-order valence-electron chi connectivity index (χ1n) is 9.97. The van der Waals surface area contributed by atoms with Crippen LogP contribution in [0.4, 0.5) is 0 Å². The number of hydrogen-bond donors (Lipinski definition) is 1. The summed E-state index contributed by atoms with van der Waals surface area (Å²) in [4.78, 5) is 12.5. The van der Waals surface area contributed by atoms with Gasteiger partial charge in [-0.15, -0.1) is 0 Å². The molecule has 1 atom stereocenters. The molecule has 1 aliphatic rings. The molecule has 0 radical (unpaired) electrons. The third-order valence-electron chi connectivity index (χ3n) is 5.11. The average Bonchev–Trinajstić information content (AvgIpc) is 2.71. The van der Waals surface area contributed by atoms with E-state index in [9.17, 15) is 13.2 Å². The van der Waals surface area contributed by atoms with Crippen molar-refractivity contribution in [2.45, 2.75) is 44.0 Å². The summed E-state index contributed by atoms with van der Waals surface area (Å²) >= 11 is 0. The Bertz CT molecular complexity index is 942. The zero-order valence-corrected chi connectivity index (χ0v) is 17.7. The van der Waals surface area contributed by atoms with Crippen LogP contribution in [-0.4, -0.2) is 44.4 Å². The molecule has 0 bridgehead atoms. The van der Waals surface area contributed by atoms with E-state index in [0.717, 1.165) is 30.6 Å². The van der Waals surface area contributed by atoms with Crippen molar-refractivity contribution in [1.29, 1.82) is 0 Å². The van der Waals surface area contributed by atoms with Crippen molar-refractivity contribution in [2.24, 2.45) is 0 Å². The Morgan fingerprint density at radius 3 is 2.62 bits per heavy atom. The van der Waals surface area contributed by atoms with E-state index in [-0.39, 0.29) is 16.8 Å². The van der Waals surface area contributed by atoms with Crippen LogP contribution in [0.3, 0.4) is 0 Å². The number of benzene rings is 2. The van der Waals surface area contributed by atoms with Crippen LogP contribution in [0.5, 0.6) is 5.75 Å². The first-order valence-corrected chi connectivity index (χ1v) is 11.4. The summed E-state index contributed by atoms with van der Waals surface area (Å²) in [5.74, 6) is 0.508. The highest BCUT2D eigenvalue weighted by atomic mass is 32.2. The fourth-order valence-corrected chi connectivity index (χ4v) is 5.18. The Kier molecular flexibility index (Phi) is 6.92. The third kappa shape index (κ3) is 5.36. The molecule has 1 aliphatic heterocycles. The molecular weight excluding hydrogens is 388 g/mol. The maximum absolute atomic E-state index is 12.9. The van der Waals surface area contributed by atoms with E-state index in [2.05, 4.69) is 5.32 Å². The molecule has 2 aromatic carbocycles. The zero-order chi connectivity index (χ0) is 20.9. The minimum Gasteiger partial charge on any atom is -0.492 e. The predicted molar refractivity (Wildman–Crippen MR) is 113 cm³/mol. The number of nitrogens with one attached hydrogen (secondary N) is 1. The number of sulfonamides is 1. The van der Waals surface area contributed by atoms with Crippen molar-refractivity contribution >= 4 is 15.9 Å². The van der Waals surface area contributed by atoms with Crippen molar-refractivity contribution in [1.82, 2.24) is 9.62 Å². The van der Waals surface area contributed by atoms with Gasteiger partial charge in [0, 0.05) is 18.2 Å². The number of carbonyl (C=O) groups excluding carboxylic acids is 1. The zero-order valence-electron chi connectivity index (χ0n) is 16.9. The van der Waals surface area contributed by atoms with Gasteiger partial charge >= 0.3 is 0 Å². The molecule has 1 N–H and O–H groups in total. The molecule has 7 heteroatoms. The van der Waals surface area contributed by atoms with Crippen LogP contribution >= 0.6 is 0 Å². The highest BCUT2D eigenvalue weighted by Gasteiger charge is 2.30. The summed E-state index contributed by atoms with van der Waals surface area (Å²) in [5.41, 5.74) is 1.53. The first-order chi connectivity index (χ1) is 13.9. The number of ether oxygens (including phenoxy) is 1. The van der Waals surface area contributed by atoms with Gasteiger partial charge in [0.1, 0.15) is 12.4 Å². The lowest BCUT2D eigenvalue weighted by Crippen LogP contribution is -2.41. The van der Waals surface area contributed by atoms with Gasteiger partial charge in [-0.1, -0.05) is 18.6 Å². The van der Waals surface area contributed by atoms with Crippen LogP contribution < -0.4 is 10.1 Å². The minimum atomic E-state index is -3.53. The minimum absolute atomic E-state index is 0.00475. The highest BCUT2D eigenvalue weighted by molar-refractivity contribution is 7.89. The lowest BCUT2D eigenvalue weighted by molar-refractivity contribution is 0.0947. The molecule has 0 aromatic heterocycles. The van der Waals surface area contributed by atoms with Crippen LogP contribution in [-0.2, 0) is 10.0 Å². The van der Waals surface area contributed by atoms with Crippen LogP contribution in [0, 0.1) is 6.92 Å². The molecule has 0 spiro atoms. The third-order valence-corrected chi connectivity index (χ3v) is 7.14. The average molecular weight is 417 g/mol. The van der Waals surface area contributed by atoms with E-state index < -0.39 is 10.0 Å². The molecule has 156 valence electrons. The van der Waals surface area contributed by atoms with Crippen molar-refractivity contribution in [3.05, 3.63) is 59.7 Å². The molecule has 1 saturated heterocycles. The molecule has 1 fully saturated rings. The molecule has 1 amide bonds. The summed E-state index contributed by atoms with van der Waals surface area (Å²) in [5, 5.41) is 2.79. The van der Waals surface area contributed by atoms with E-state index in [1.54, 1.807) is 16.4 Å². The highest BCUT2D eigenvalue weighted by Crippen LogP contribution is 2.25. The van der Waals surface area contributed by atoms with Crippen LogP contribution in [0.1, 0.15) is 42.1 Å². The van der Waals surface area contributed by atoms with Crippen molar-refractivity contribution in [2.75, 3.05) is 19.7 Å². The van der Waals surface area contributed by atoms with Gasteiger partial charge in [-0.25, -0.2) is 8.42 Å². The molecule has 0 aliphatic carbocycles. The first kappa shape index (κ1) is 21.3. The van der Waals surface area contributed by atoms with Crippen LogP contribution in [0.2, 0.25) is 0 Å². The molecule has 29 heavy (non-hydrogen) atoms. The molecule has 1 heterocycles. The van der Waals surface area contributed by atoms with Gasteiger partial charge in [0.05, 0.1) is 11.4 Å². The van der Waals surface area contributed by atoms with Gasteiger partial charge < -0.3 is 10.1 Å². The molecule has 3 rings (SSSR count). The second-order valence-corrected chi connectivity index (χ2v) is 9.30. The number of hydrogen-bond acceptors (Lipinski definition) is 4. The SMILES string of the molecule is Cc1cccc(OCCNC(=O)c2ccc(S(=O)(=O)N3CCCC[C@@H]3C)cc2)c1. The second kappa shape index (κ2) is 9.41. The predicted octanol–water partition coefficient (Wildman–Crippen LogP) is 3.37. The summed E-state index contributed by atoms with van der Waals surface area (Å²) in [6.07, 6.45) is 2.82. The Morgan fingerprint density at radius 1 is 1.17 bits per heavy atom. The van der Waals surface area contributed by atoms with Crippen LogP contribution in [0.15, 0.2) is 53.4 Å². The summed E-state index contributed by atoms with van der Waals surface area (Å²) in [6.45, 7) is 5.20. The van der Waals surface area contributed by atoms with Gasteiger partial charge in [0.25, 0.3) is 5.91 Å². The van der Waals surface area contributed by atoms with E-state index in [1.807, 2.05) is 38.1 Å². The second-order valence-electron chi connectivity index (χ2n) is 7.41. The smallest absolute Gasteiger partial charge is 0.251 e. The summed E-state index contributed by atoms with van der Waals surface area (Å²) in [7, 11) is -3.53. The van der Waals surface area contributed by atoms with E-state index in [1.165, 1.54) is 12.1 Å². The van der Waals surface area contributed by atoms with Gasteiger partial charge in [-0.2, -0.15) is 4.31 Å². The number of carbonyl (C=O) groups is 1. The van der Waals surface area contributed by atoms with Crippen molar-refractivity contribution in [3.63, 3.8) is 0 Å². The molecule has 6 nitrogen and oxygen atoms in total. The fraction of sp³-hybridized carbons (Fsp3) is 0.409. The molecular formula is C22H28N2O4S. The number of amides is 1. The largest absolute Gasteiger partial charge is 0.492 e. The summed E-state index contributed by atoms with van der Waals surface area (Å²) < 4.78 is 32.9. The topological polar surface area (TPSA) is 75.7 Å². The monoisotopic (exact) mass is 416 g/mol. The lowest BCUT2D eigenvalue weighted by Gasteiger charge is -2.32. The molecule has 2 aromatic rings. The fourth-order valence-electron chi connectivity index (χ4n) is 3.48. The van der Waals surface area contributed by atoms with Gasteiger partial charge in [-0.05, 0) is 68.7 Å². The van der Waals surface area contributed by atoms with E-state index in [0.29, 0.717) is 25.3 Å². The normalized spacial score (nSPS) is 17.7. The van der Waals surface area contributed by atoms with E-state index in [4.69, 9.17) is 4.74 Å². The quantitative estimate of drug-likeness (QED) is 0.702.